The zero-order chi connectivity index (χ0) is 15.2. The largest absolute Gasteiger partial charge is 0.352 e. The standard InChI is InChI=1S/C13H16N6O2/c1-8-9(6-15-12-16-7-17-19(8)12)10(20)18-5-4-14-11(21)13(18,2)3/h6-7H,4-5H2,1-3H3,(H,14,21). The molecule has 3 heterocycles. The Morgan fingerprint density at radius 1 is 1.38 bits per heavy atom. The molecule has 1 N–H and O–H groups in total. The van der Waals surface area contributed by atoms with Gasteiger partial charge in [0, 0.05) is 19.3 Å². The van der Waals surface area contributed by atoms with Gasteiger partial charge in [-0.05, 0) is 20.8 Å². The second-order valence-electron chi connectivity index (χ2n) is 5.50. The van der Waals surface area contributed by atoms with Crippen LogP contribution in [0, 0.1) is 6.92 Å². The normalized spacial score (nSPS) is 17.9. The zero-order valence-corrected chi connectivity index (χ0v) is 12.1. The number of fused-ring (bicyclic) bond motifs is 1. The van der Waals surface area contributed by atoms with Gasteiger partial charge in [-0.15, -0.1) is 0 Å². The third kappa shape index (κ3) is 1.94. The second-order valence-corrected chi connectivity index (χ2v) is 5.50. The summed E-state index contributed by atoms with van der Waals surface area (Å²) in [6, 6.07) is 0. The van der Waals surface area contributed by atoms with Crippen LogP contribution in [0.25, 0.3) is 5.78 Å². The number of aryl methyl sites for hydroxylation is 1. The Morgan fingerprint density at radius 2 is 2.14 bits per heavy atom. The molecule has 0 bridgehead atoms. The number of nitrogens with one attached hydrogen (secondary N) is 1. The van der Waals surface area contributed by atoms with E-state index in [4.69, 9.17) is 0 Å². The van der Waals surface area contributed by atoms with Gasteiger partial charge >= 0.3 is 0 Å². The molecule has 0 aromatic carbocycles. The molecule has 3 rings (SSSR count). The molecule has 21 heavy (non-hydrogen) atoms. The van der Waals surface area contributed by atoms with Gasteiger partial charge in [0.15, 0.2) is 0 Å². The quantitative estimate of drug-likeness (QED) is 0.783. The predicted molar refractivity (Wildman–Crippen MR) is 73.6 cm³/mol. The first-order valence-electron chi connectivity index (χ1n) is 6.68. The van der Waals surface area contributed by atoms with E-state index in [0.717, 1.165) is 0 Å². The van der Waals surface area contributed by atoms with Gasteiger partial charge in [-0.1, -0.05) is 0 Å². The first-order chi connectivity index (χ1) is 9.93. The summed E-state index contributed by atoms with van der Waals surface area (Å²) in [4.78, 5) is 34.4. The fourth-order valence-electron chi connectivity index (χ4n) is 2.50. The SMILES string of the molecule is Cc1c(C(=O)N2CCNC(=O)C2(C)C)cnc2ncnn12. The highest BCUT2D eigenvalue weighted by Gasteiger charge is 2.41. The second kappa shape index (κ2) is 4.51. The number of carbonyl (C=O) groups is 2. The Balaban J connectivity index is 2.04. The highest BCUT2D eigenvalue weighted by molar-refractivity contribution is 6.00. The first kappa shape index (κ1) is 13.5. The lowest BCUT2D eigenvalue weighted by Gasteiger charge is -2.41. The van der Waals surface area contributed by atoms with Gasteiger partial charge in [-0.2, -0.15) is 10.1 Å². The van der Waals surface area contributed by atoms with E-state index in [2.05, 4.69) is 20.4 Å². The van der Waals surface area contributed by atoms with Crippen LogP contribution in [0.3, 0.4) is 0 Å². The van der Waals surface area contributed by atoms with E-state index in [-0.39, 0.29) is 11.8 Å². The van der Waals surface area contributed by atoms with E-state index < -0.39 is 5.54 Å². The van der Waals surface area contributed by atoms with Gasteiger partial charge in [0.2, 0.25) is 5.91 Å². The van der Waals surface area contributed by atoms with Gasteiger partial charge in [0.05, 0.1) is 11.3 Å². The van der Waals surface area contributed by atoms with Crippen LogP contribution in [-0.4, -0.2) is 54.9 Å². The van der Waals surface area contributed by atoms with Gasteiger partial charge in [-0.25, -0.2) is 9.50 Å². The molecule has 1 saturated heterocycles. The van der Waals surface area contributed by atoms with Crippen LogP contribution in [0.4, 0.5) is 0 Å². The summed E-state index contributed by atoms with van der Waals surface area (Å²) in [6.45, 7) is 6.17. The maximum atomic E-state index is 12.8. The van der Waals surface area contributed by atoms with Crippen molar-refractivity contribution in [3.8, 4) is 0 Å². The van der Waals surface area contributed by atoms with E-state index in [1.54, 1.807) is 25.7 Å². The summed E-state index contributed by atoms with van der Waals surface area (Å²) in [5.41, 5.74) is 0.194. The van der Waals surface area contributed by atoms with Crippen LogP contribution in [0.1, 0.15) is 29.9 Å². The zero-order valence-electron chi connectivity index (χ0n) is 12.1. The summed E-state index contributed by atoms with van der Waals surface area (Å²) in [6.07, 6.45) is 2.88. The third-order valence-corrected chi connectivity index (χ3v) is 3.87. The van der Waals surface area contributed by atoms with Crippen molar-refractivity contribution in [2.45, 2.75) is 26.3 Å². The lowest BCUT2D eigenvalue weighted by atomic mass is 9.97. The summed E-state index contributed by atoms with van der Waals surface area (Å²) in [7, 11) is 0. The molecule has 1 fully saturated rings. The molecule has 0 unspecified atom stereocenters. The van der Waals surface area contributed by atoms with Crippen LogP contribution in [0.5, 0.6) is 0 Å². The molecule has 110 valence electrons. The highest BCUT2D eigenvalue weighted by atomic mass is 16.2. The molecule has 2 aromatic heterocycles. The van der Waals surface area contributed by atoms with Gasteiger partial charge in [-0.3, -0.25) is 9.59 Å². The van der Waals surface area contributed by atoms with Crippen LogP contribution >= 0.6 is 0 Å². The van der Waals surface area contributed by atoms with Crippen molar-refractivity contribution in [3.63, 3.8) is 0 Å². The summed E-state index contributed by atoms with van der Waals surface area (Å²) >= 11 is 0. The number of rotatable bonds is 1. The number of hydrogen-bond donors (Lipinski definition) is 1. The maximum Gasteiger partial charge on any atom is 0.258 e. The summed E-state index contributed by atoms with van der Waals surface area (Å²) in [5.74, 6) is 0.0616. The van der Waals surface area contributed by atoms with Crippen molar-refractivity contribution < 1.29 is 9.59 Å². The summed E-state index contributed by atoms with van der Waals surface area (Å²) < 4.78 is 1.52. The number of nitrogens with zero attached hydrogens (tertiary/aromatic N) is 5. The summed E-state index contributed by atoms with van der Waals surface area (Å²) in [5, 5.41) is 6.82. The third-order valence-electron chi connectivity index (χ3n) is 3.87. The molecule has 8 heteroatoms. The molecule has 0 spiro atoms. The fourth-order valence-corrected chi connectivity index (χ4v) is 2.50. The number of aromatic nitrogens is 4. The molecule has 0 radical (unpaired) electrons. The molecule has 1 aliphatic rings. The molecule has 0 saturated carbocycles. The highest BCUT2D eigenvalue weighted by Crippen LogP contribution is 2.21. The molecule has 8 nitrogen and oxygen atoms in total. The average molecular weight is 288 g/mol. The number of carbonyl (C=O) groups excluding carboxylic acids is 2. The van der Waals surface area contributed by atoms with Gasteiger partial charge in [0.1, 0.15) is 11.9 Å². The van der Waals surface area contributed by atoms with Crippen molar-refractivity contribution in [2.75, 3.05) is 13.1 Å². The Bertz CT molecular complexity index is 735. The van der Waals surface area contributed by atoms with E-state index in [1.807, 2.05) is 0 Å². The van der Waals surface area contributed by atoms with Crippen molar-refractivity contribution >= 4 is 17.6 Å². The van der Waals surface area contributed by atoms with Gasteiger partial charge in [0.25, 0.3) is 11.7 Å². The van der Waals surface area contributed by atoms with Crippen molar-refractivity contribution in [1.82, 2.24) is 29.8 Å². The molecule has 2 amide bonds. The topological polar surface area (TPSA) is 92.5 Å². The Kier molecular flexibility index (Phi) is 2.89. The van der Waals surface area contributed by atoms with Gasteiger partial charge < -0.3 is 10.2 Å². The molecule has 0 atom stereocenters. The van der Waals surface area contributed by atoms with Crippen molar-refractivity contribution in [2.24, 2.45) is 0 Å². The van der Waals surface area contributed by atoms with E-state index in [0.29, 0.717) is 30.1 Å². The number of piperazine rings is 1. The first-order valence-corrected chi connectivity index (χ1v) is 6.68. The molecule has 2 aromatic rings. The van der Waals surface area contributed by atoms with E-state index in [1.165, 1.54) is 17.0 Å². The average Bonchev–Trinajstić information content (AvgIpc) is 2.91. The van der Waals surface area contributed by atoms with Crippen LogP contribution in [0.2, 0.25) is 0 Å². The maximum absolute atomic E-state index is 12.8. The fraction of sp³-hybridized carbons (Fsp3) is 0.462. The van der Waals surface area contributed by atoms with Crippen LogP contribution < -0.4 is 5.32 Å². The Labute approximate surface area is 121 Å². The lowest BCUT2D eigenvalue weighted by Crippen LogP contribution is -2.63. The molecule has 0 aliphatic carbocycles. The molecule has 1 aliphatic heterocycles. The predicted octanol–water partition coefficient (Wildman–Crippen LogP) is -0.217. The smallest absolute Gasteiger partial charge is 0.258 e. The number of hydrogen-bond acceptors (Lipinski definition) is 5. The molecular formula is C13H16N6O2. The van der Waals surface area contributed by atoms with E-state index in [9.17, 15) is 9.59 Å². The van der Waals surface area contributed by atoms with Crippen molar-refractivity contribution in [1.29, 1.82) is 0 Å². The van der Waals surface area contributed by atoms with Crippen LogP contribution in [0.15, 0.2) is 12.5 Å². The Hall–Kier alpha value is -2.51. The Morgan fingerprint density at radius 3 is 2.90 bits per heavy atom. The minimum Gasteiger partial charge on any atom is -0.352 e. The van der Waals surface area contributed by atoms with Crippen molar-refractivity contribution in [3.05, 3.63) is 23.8 Å². The lowest BCUT2D eigenvalue weighted by molar-refractivity contribution is -0.133. The monoisotopic (exact) mass is 288 g/mol. The van der Waals surface area contributed by atoms with E-state index >= 15 is 0 Å². The number of amides is 2. The minimum atomic E-state index is -0.890. The van der Waals surface area contributed by atoms with Crippen LogP contribution in [-0.2, 0) is 4.79 Å². The molecular weight excluding hydrogens is 272 g/mol. The minimum absolute atomic E-state index is 0.158.